The lowest BCUT2D eigenvalue weighted by Crippen LogP contribution is -2.21. The highest BCUT2D eigenvalue weighted by Crippen LogP contribution is 2.45. The van der Waals surface area contributed by atoms with Gasteiger partial charge in [-0.3, -0.25) is 0 Å². The minimum absolute atomic E-state index is 0.0405. The van der Waals surface area contributed by atoms with Gasteiger partial charge in [-0.1, -0.05) is 0 Å². The minimum atomic E-state index is -2.71. The summed E-state index contributed by atoms with van der Waals surface area (Å²) in [6.07, 6.45) is 1.96. The monoisotopic (exact) mass is 175 g/mol. The smallest absolute Gasteiger partial charge is 0.155 e. The van der Waals surface area contributed by atoms with Gasteiger partial charge in [0.1, 0.15) is 0 Å². The molecule has 64 valence electrons. The minimum Gasteiger partial charge on any atom is -0.315 e. The molecular formula is C7H13NO2S. The van der Waals surface area contributed by atoms with Crippen molar-refractivity contribution in [3.8, 4) is 0 Å². The van der Waals surface area contributed by atoms with E-state index in [2.05, 4.69) is 5.32 Å². The van der Waals surface area contributed by atoms with Gasteiger partial charge in [0.2, 0.25) is 0 Å². The van der Waals surface area contributed by atoms with E-state index >= 15 is 0 Å². The van der Waals surface area contributed by atoms with Crippen molar-refractivity contribution in [2.75, 3.05) is 12.8 Å². The lowest BCUT2D eigenvalue weighted by atomic mass is 10.2. The maximum Gasteiger partial charge on any atom is 0.155 e. The van der Waals surface area contributed by atoms with Crippen LogP contribution in [0.1, 0.15) is 12.8 Å². The van der Waals surface area contributed by atoms with Gasteiger partial charge < -0.3 is 5.32 Å². The van der Waals surface area contributed by atoms with Crippen molar-refractivity contribution < 1.29 is 8.42 Å². The zero-order chi connectivity index (χ0) is 8.06. The molecule has 1 N–H and O–H groups in total. The van der Waals surface area contributed by atoms with Crippen LogP contribution in [0.3, 0.4) is 0 Å². The average molecular weight is 175 g/mol. The maximum atomic E-state index is 11.4. The first kappa shape index (κ1) is 7.55. The SMILES string of the molecule is CNC1[C@H]2CCCS(=O)(=O)[C@@H]12. The van der Waals surface area contributed by atoms with Crippen LogP contribution >= 0.6 is 0 Å². The molecule has 3 atom stereocenters. The number of nitrogens with one attached hydrogen (secondary N) is 1. The van der Waals surface area contributed by atoms with Crippen molar-refractivity contribution >= 4 is 9.84 Å². The first-order chi connectivity index (χ1) is 5.17. The summed E-state index contributed by atoms with van der Waals surface area (Å²) in [6.45, 7) is 0. The van der Waals surface area contributed by atoms with E-state index in [1.54, 1.807) is 0 Å². The van der Waals surface area contributed by atoms with Gasteiger partial charge in [-0.05, 0) is 25.8 Å². The van der Waals surface area contributed by atoms with Crippen molar-refractivity contribution in [2.24, 2.45) is 5.92 Å². The zero-order valence-corrected chi connectivity index (χ0v) is 7.39. The van der Waals surface area contributed by atoms with Gasteiger partial charge in [0.15, 0.2) is 9.84 Å². The van der Waals surface area contributed by atoms with E-state index in [4.69, 9.17) is 0 Å². The van der Waals surface area contributed by atoms with Crippen molar-refractivity contribution in [3.63, 3.8) is 0 Å². The molecule has 1 saturated heterocycles. The summed E-state index contributed by atoms with van der Waals surface area (Å²) in [7, 11) is -0.865. The zero-order valence-electron chi connectivity index (χ0n) is 6.58. The second-order valence-electron chi connectivity index (χ2n) is 3.45. The largest absolute Gasteiger partial charge is 0.315 e. The summed E-state index contributed by atoms with van der Waals surface area (Å²) in [5.74, 6) is 0.838. The molecular weight excluding hydrogens is 162 g/mol. The fourth-order valence-corrected chi connectivity index (χ4v) is 4.58. The number of hydrogen-bond acceptors (Lipinski definition) is 3. The highest BCUT2D eigenvalue weighted by atomic mass is 32.2. The number of fused-ring (bicyclic) bond motifs is 1. The molecule has 4 heteroatoms. The van der Waals surface area contributed by atoms with E-state index in [1.807, 2.05) is 7.05 Å². The Hall–Kier alpha value is -0.0900. The molecule has 1 aliphatic carbocycles. The van der Waals surface area contributed by atoms with Gasteiger partial charge >= 0.3 is 0 Å². The fraction of sp³-hybridized carbons (Fsp3) is 1.00. The van der Waals surface area contributed by atoms with Crippen LogP contribution in [0.2, 0.25) is 0 Å². The quantitative estimate of drug-likeness (QED) is 0.599. The molecule has 1 aliphatic heterocycles. The van der Waals surface area contributed by atoms with Crippen LogP contribution in [0.15, 0.2) is 0 Å². The summed E-state index contributed by atoms with van der Waals surface area (Å²) in [6, 6.07) is 0.266. The van der Waals surface area contributed by atoms with Crippen LogP contribution in [0, 0.1) is 5.92 Å². The van der Waals surface area contributed by atoms with Gasteiger partial charge in [-0.25, -0.2) is 8.42 Å². The van der Waals surface area contributed by atoms with E-state index in [-0.39, 0.29) is 11.3 Å². The third kappa shape index (κ3) is 0.999. The summed E-state index contributed by atoms with van der Waals surface area (Å²) < 4.78 is 22.7. The standard InChI is InChI=1S/C7H13NO2S/c1-8-6-5-3-2-4-11(9,10)7(5)6/h5-8H,2-4H2,1H3/t5-,6?,7-/m1/s1. The number of hydrogen-bond donors (Lipinski definition) is 1. The molecule has 0 aromatic carbocycles. The topological polar surface area (TPSA) is 46.2 Å². The molecule has 0 amide bonds. The Balaban J connectivity index is 2.20. The number of rotatable bonds is 1. The molecule has 1 heterocycles. The number of sulfone groups is 1. The molecule has 1 unspecified atom stereocenters. The summed E-state index contributed by atoms with van der Waals surface area (Å²) in [5, 5.41) is 3.02. The van der Waals surface area contributed by atoms with Crippen LogP contribution in [0.25, 0.3) is 0 Å². The van der Waals surface area contributed by atoms with Crippen LogP contribution in [-0.4, -0.2) is 32.5 Å². The molecule has 2 fully saturated rings. The first-order valence-electron chi connectivity index (χ1n) is 4.05. The van der Waals surface area contributed by atoms with Crippen molar-refractivity contribution in [1.29, 1.82) is 0 Å². The summed E-state index contributed by atoms with van der Waals surface area (Å²) >= 11 is 0. The van der Waals surface area contributed by atoms with Crippen LogP contribution < -0.4 is 5.32 Å². The second kappa shape index (κ2) is 2.20. The fourth-order valence-electron chi connectivity index (χ4n) is 2.21. The van der Waals surface area contributed by atoms with Crippen LogP contribution in [0.4, 0.5) is 0 Å². The summed E-state index contributed by atoms with van der Waals surface area (Å²) in [4.78, 5) is 0. The molecule has 2 aliphatic rings. The third-order valence-corrected chi connectivity index (χ3v) is 5.14. The van der Waals surface area contributed by atoms with E-state index in [9.17, 15) is 8.42 Å². The molecule has 0 aromatic heterocycles. The van der Waals surface area contributed by atoms with E-state index < -0.39 is 9.84 Å². The van der Waals surface area contributed by atoms with E-state index in [1.165, 1.54) is 0 Å². The van der Waals surface area contributed by atoms with Gasteiger partial charge in [0.05, 0.1) is 11.0 Å². The molecule has 0 bridgehead atoms. The van der Waals surface area contributed by atoms with Crippen molar-refractivity contribution in [3.05, 3.63) is 0 Å². The van der Waals surface area contributed by atoms with Gasteiger partial charge in [-0.15, -0.1) is 0 Å². The van der Waals surface area contributed by atoms with Crippen LogP contribution in [0.5, 0.6) is 0 Å². The predicted octanol–water partition coefficient (Wildman–Crippen LogP) is -0.219. The molecule has 0 spiro atoms. The highest BCUT2D eigenvalue weighted by molar-refractivity contribution is 7.92. The first-order valence-corrected chi connectivity index (χ1v) is 5.77. The molecule has 0 radical (unpaired) electrons. The Morgan fingerprint density at radius 2 is 2.18 bits per heavy atom. The molecule has 2 rings (SSSR count). The highest BCUT2D eigenvalue weighted by Gasteiger charge is 2.58. The molecule has 11 heavy (non-hydrogen) atoms. The molecule has 1 saturated carbocycles. The average Bonchev–Trinajstić information content (AvgIpc) is 2.62. The Morgan fingerprint density at radius 3 is 2.73 bits per heavy atom. The summed E-state index contributed by atoms with van der Waals surface area (Å²) in [5.41, 5.74) is 0. The lowest BCUT2D eigenvalue weighted by molar-refractivity contribution is 0.569. The molecule has 0 aromatic rings. The Morgan fingerprint density at radius 1 is 1.45 bits per heavy atom. The van der Waals surface area contributed by atoms with Crippen LogP contribution in [-0.2, 0) is 9.84 Å². The van der Waals surface area contributed by atoms with Gasteiger partial charge in [0, 0.05) is 6.04 Å². The van der Waals surface area contributed by atoms with E-state index in [0.717, 1.165) is 12.8 Å². The predicted molar refractivity (Wildman–Crippen MR) is 43.1 cm³/mol. The lowest BCUT2D eigenvalue weighted by Gasteiger charge is -2.07. The third-order valence-electron chi connectivity index (χ3n) is 2.81. The Labute approximate surface area is 67.1 Å². The van der Waals surface area contributed by atoms with Crippen molar-refractivity contribution in [1.82, 2.24) is 5.32 Å². The Bertz CT molecular complexity index is 256. The second-order valence-corrected chi connectivity index (χ2v) is 5.73. The molecule has 3 nitrogen and oxygen atoms in total. The Kier molecular flexibility index (Phi) is 1.51. The maximum absolute atomic E-state index is 11.4. The van der Waals surface area contributed by atoms with Crippen molar-refractivity contribution in [2.45, 2.75) is 24.1 Å². The van der Waals surface area contributed by atoms with E-state index in [0.29, 0.717) is 11.7 Å². The van der Waals surface area contributed by atoms with Gasteiger partial charge in [0.25, 0.3) is 0 Å². The normalized spacial score (nSPS) is 46.5. The van der Waals surface area contributed by atoms with Gasteiger partial charge in [-0.2, -0.15) is 0 Å².